The Morgan fingerprint density at radius 1 is 1.28 bits per heavy atom. The van der Waals surface area contributed by atoms with E-state index in [1.165, 1.54) is 0 Å². The maximum Gasteiger partial charge on any atom is 0.443 e. The standard InChI is InChI=1S/C12H18N2O3S/c1-9-5-7-10(8-6-9)18(13,16)14-11(15)17-12(2,3)4/h5-8H,1-4H3,(H2,13,14,15,16). The van der Waals surface area contributed by atoms with E-state index in [4.69, 9.17) is 9.88 Å². The second kappa shape index (κ2) is 5.07. The van der Waals surface area contributed by atoms with E-state index < -0.39 is 21.6 Å². The molecule has 0 fully saturated rings. The number of benzene rings is 1. The first kappa shape index (κ1) is 14.7. The number of carbonyl (C=O) groups is 1. The van der Waals surface area contributed by atoms with Crippen molar-refractivity contribution in [1.82, 2.24) is 0 Å². The van der Waals surface area contributed by atoms with Crippen LogP contribution >= 0.6 is 0 Å². The molecule has 0 saturated heterocycles. The number of nitrogens with zero attached hydrogens (tertiary/aromatic N) is 1. The minimum absolute atomic E-state index is 0.305. The molecule has 0 spiro atoms. The maximum atomic E-state index is 12.1. The molecule has 1 aromatic rings. The molecular weight excluding hydrogens is 252 g/mol. The number of carbonyl (C=O) groups excluding carboxylic acids is 1. The average molecular weight is 270 g/mol. The van der Waals surface area contributed by atoms with Crippen LogP contribution in [-0.2, 0) is 14.7 Å². The summed E-state index contributed by atoms with van der Waals surface area (Å²) >= 11 is 0. The van der Waals surface area contributed by atoms with Crippen LogP contribution in [0.5, 0.6) is 0 Å². The summed E-state index contributed by atoms with van der Waals surface area (Å²) in [6, 6.07) is 6.69. The van der Waals surface area contributed by atoms with Gasteiger partial charge in [-0.05, 0) is 39.8 Å². The molecule has 1 amide bonds. The zero-order valence-corrected chi connectivity index (χ0v) is 11.8. The molecular formula is C12H18N2O3S. The van der Waals surface area contributed by atoms with Gasteiger partial charge in [-0.3, -0.25) is 0 Å². The fourth-order valence-electron chi connectivity index (χ4n) is 1.18. The first-order valence-corrected chi connectivity index (χ1v) is 7.02. The molecule has 1 aromatic carbocycles. The molecule has 0 radical (unpaired) electrons. The van der Waals surface area contributed by atoms with E-state index in [2.05, 4.69) is 4.36 Å². The highest BCUT2D eigenvalue weighted by Crippen LogP contribution is 2.13. The average Bonchev–Trinajstić information content (AvgIpc) is 2.13. The van der Waals surface area contributed by atoms with E-state index in [9.17, 15) is 9.00 Å². The van der Waals surface area contributed by atoms with Gasteiger partial charge < -0.3 is 4.74 Å². The predicted octanol–water partition coefficient (Wildman–Crippen LogP) is 2.63. The van der Waals surface area contributed by atoms with Crippen LogP contribution in [0, 0.1) is 6.92 Å². The molecule has 2 N–H and O–H groups in total. The smallest absolute Gasteiger partial charge is 0.442 e. The summed E-state index contributed by atoms with van der Waals surface area (Å²) in [6.07, 6.45) is -0.921. The molecule has 0 bridgehead atoms. The van der Waals surface area contributed by atoms with Crippen LogP contribution in [0.4, 0.5) is 4.79 Å². The Hall–Kier alpha value is -1.40. The van der Waals surface area contributed by atoms with E-state index in [0.29, 0.717) is 4.90 Å². The zero-order valence-electron chi connectivity index (χ0n) is 11.0. The van der Waals surface area contributed by atoms with E-state index >= 15 is 0 Å². The van der Waals surface area contributed by atoms with Crippen molar-refractivity contribution in [3.8, 4) is 0 Å². The second-order valence-electron chi connectivity index (χ2n) is 4.95. The Balaban J connectivity index is 3.03. The summed E-state index contributed by atoms with van der Waals surface area (Å²) in [5, 5.41) is 5.57. The molecule has 1 atom stereocenters. The predicted molar refractivity (Wildman–Crippen MR) is 70.4 cm³/mol. The van der Waals surface area contributed by atoms with Crippen molar-refractivity contribution < 1.29 is 13.7 Å². The molecule has 0 heterocycles. The molecule has 6 heteroatoms. The van der Waals surface area contributed by atoms with Gasteiger partial charge in [-0.15, -0.1) is 4.36 Å². The van der Waals surface area contributed by atoms with Crippen molar-refractivity contribution in [3.05, 3.63) is 29.8 Å². The lowest BCUT2D eigenvalue weighted by atomic mass is 10.2. The minimum atomic E-state index is -3.25. The summed E-state index contributed by atoms with van der Waals surface area (Å²) in [5.41, 5.74) is 0.315. The molecule has 0 saturated carbocycles. The third kappa shape index (κ3) is 4.46. The van der Waals surface area contributed by atoms with Gasteiger partial charge >= 0.3 is 6.09 Å². The fraction of sp³-hybridized carbons (Fsp3) is 0.417. The van der Waals surface area contributed by atoms with Crippen molar-refractivity contribution >= 4 is 16.0 Å². The monoisotopic (exact) mass is 270 g/mol. The normalized spacial score (nSPS) is 14.7. The first-order chi connectivity index (χ1) is 8.10. The van der Waals surface area contributed by atoms with E-state index in [-0.39, 0.29) is 0 Å². The van der Waals surface area contributed by atoms with Gasteiger partial charge in [0.2, 0.25) is 0 Å². The number of rotatable bonds is 1. The number of hydrogen-bond acceptors (Lipinski definition) is 3. The summed E-state index contributed by atoms with van der Waals surface area (Å²) in [4.78, 5) is 11.8. The number of ether oxygens (including phenoxy) is 1. The third-order valence-corrected chi connectivity index (χ3v) is 3.33. The molecule has 0 aliphatic heterocycles. The highest BCUT2D eigenvalue weighted by atomic mass is 32.2. The first-order valence-electron chi connectivity index (χ1n) is 5.45. The molecule has 1 rings (SSSR count). The summed E-state index contributed by atoms with van der Waals surface area (Å²) < 4.78 is 20.5. The van der Waals surface area contributed by atoms with Crippen molar-refractivity contribution in [2.75, 3.05) is 0 Å². The fourth-order valence-corrected chi connectivity index (χ4v) is 2.07. The van der Waals surface area contributed by atoms with E-state index in [0.717, 1.165) is 5.56 Å². The van der Waals surface area contributed by atoms with Crippen LogP contribution < -0.4 is 5.14 Å². The molecule has 18 heavy (non-hydrogen) atoms. The third-order valence-electron chi connectivity index (χ3n) is 1.96. The highest BCUT2D eigenvalue weighted by Gasteiger charge is 2.18. The van der Waals surface area contributed by atoms with E-state index in [1.807, 2.05) is 6.92 Å². The van der Waals surface area contributed by atoms with Gasteiger partial charge in [0.25, 0.3) is 0 Å². The topological polar surface area (TPSA) is 81.8 Å². The van der Waals surface area contributed by atoms with Gasteiger partial charge in [-0.1, -0.05) is 17.7 Å². The Morgan fingerprint density at radius 2 is 1.78 bits per heavy atom. The van der Waals surface area contributed by atoms with Crippen molar-refractivity contribution in [1.29, 1.82) is 0 Å². The molecule has 1 unspecified atom stereocenters. The quantitative estimate of drug-likeness (QED) is 0.851. The van der Waals surface area contributed by atoms with Crippen molar-refractivity contribution in [2.45, 2.75) is 38.2 Å². The van der Waals surface area contributed by atoms with Crippen molar-refractivity contribution in [3.63, 3.8) is 0 Å². The number of amides is 1. The van der Waals surface area contributed by atoms with Crippen LogP contribution in [0.3, 0.4) is 0 Å². The van der Waals surface area contributed by atoms with Gasteiger partial charge in [0.15, 0.2) is 0 Å². The van der Waals surface area contributed by atoms with Crippen LogP contribution in [-0.4, -0.2) is 15.9 Å². The Bertz CT molecular complexity index is 550. The Morgan fingerprint density at radius 3 is 2.22 bits per heavy atom. The lowest BCUT2D eigenvalue weighted by molar-refractivity contribution is 0.0607. The molecule has 100 valence electrons. The van der Waals surface area contributed by atoms with Gasteiger partial charge in [0.1, 0.15) is 15.5 Å². The Labute approximate surface area is 108 Å². The molecule has 0 aliphatic carbocycles. The zero-order chi connectivity index (χ0) is 14.0. The van der Waals surface area contributed by atoms with Crippen molar-refractivity contribution in [2.24, 2.45) is 9.50 Å². The van der Waals surface area contributed by atoms with Gasteiger partial charge in [0.05, 0.1) is 4.90 Å². The number of hydrogen-bond donors (Lipinski definition) is 1. The number of nitrogens with two attached hydrogens (primary N) is 1. The molecule has 5 nitrogen and oxygen atoms in total. The van der Waals surface area contributed by atoms with Gasteiger partial charge in [-0.25, -0.2) is 14.1 Å². The van der Waals surface area contributed by atoms with Gasteiger partial charge in [-0.2, -0.15) is 0 Å². The lowest BCUT2D eigenvalue weighted by Gasteiger charge is -2.17. The molecule has 0 aromatic heterocycles. The minimum Gasteiger partial charge on any atom is -0.442 e. The number of aryl methyl sites for hydroxylation is 1. The summed E-state index contributed by atoms with van der Waals surface area (Å²) in [6.45, 7) is 6.99. The van der Waals surface area contributed by atoms with Crippen LogP contribution in [0.1, 0.15) is 26.3 Å². The largest absolute Gasteiger partial charge is 0.443 e. The highest BCUT2D eigenvalue weighted by molar-refractivity contribution is 7.91. The van der Waals surface area contributed by atoms with Crippen LogP contribution in [0.15, 0.2) is 33.5 Å². The van der Waals surface area contributed by atoms with Gasteiger partial charge in [0, 0.05) is 0 Å². The Kier molecular flexibility index (Phi) is 4.13. The summed E-state index contributed by atoms with van der Waals surface area (Å²) in [5.74, 6) is 0. The summed E-state index contributed by atoms with van der Waals surface area (Å²) in [7, 11) is -3.25. The lowest BCUT2D eigenvalue weighted by Crippen LogP contribution is -2.24. The van der Waals surface area contributed by atoms with Crippen LogP contribution in [0.25, 0.3) is 0 Å². The SMILES string of the molecule is Cc1ccc(S(N)(=O)=NC(=O)OC(C)(C)C)cc1. The van der Waals surface area contributed by atoms with Crippen LogP contribution in [0.2, 0.25) is 0 Å². The maximum absolute atomic E-state index is 12.1. The van der Waals surface area contributed by atoms with E-state index in [1.54, 1.807) is 45.0 Å². The molecule has 0 aliphatic rings. The second-order valence-corrected chi connectivity index (χ2v) is 6.74.